The quantitative estimate of drug-likeness (QED) is 0.660. The summed E-state index contributed by atoms with van der Waals surface area (Å²) < 4.78 is 5.60. The number of hydrogen-bond acceptors (Lipinski definition) is 4. The Bertz CT molecular complexity index is 678. The second-order valence-corrected chi connectivity index (χ2v) is 7.90. The van der Waals surface area contributed by atoms with E-state index in [0.29, 0.717) is 26.1 Å². The van der Waals surface area contributed by atoms with Crippen molar-refractivity contribution in [1.82, 2.24) is 15.5 Å². The van der Waals surface area contributed by atoms with E-state index in [1.165, 1.54) is 0 Å². The zero-order chi connectivity index (χ0) is 21.2. The summed E-state index contributed by atoms with van der Waals surface area (Å²) in [7, 11) is 1.57. The number of rotatable bonds is 9. The molecule has 2 N–H and O–H groups in total. The van der Waals surface area contributed by atoms with Crippen LogP contribution >= 0.6 is 0 Å². The first kappa shape index (κ1) is 22.7. The Labute approximate surface area is 173 Å². The average molecular weight is 404 g/mol. The van der Waals surface area contributed by atoms with E-state index in [0.717, 1.165) is 18.6 Å². The molecule has 0 radical (unpaired) electrons. The second-order valence-electron chi connectivity index (χ2n) is 7.90. The van der Waals surface area contributed by atoms with Crippen molar-refractivity contribution in [3.63, 3.8) is 0 Å². The molecule has 2 rings (SSSR count). The van der Waals surface area contributed by atoms with Gasteiger partial charge >= 0.3 is 0 Å². The molecule has 1 heterocycles. The minimum atomic E-state index is -0.544. The number of hydrogen-bond donors (Lipinski definition) is 2. The fourth-order valence-corrected chi connectivity index (χ4v) is 3.52. The lowest BCUT2D eigenvalue weighted by atomic mass is 9.95. The molecule has 2 atom stereocenters. The highest BCUT2D eigenvalue weighted by Gasteiger charge is 2.30. The van der Waals surface area contributed by atoms with Crippen LogP contribution in [0.25, 0.3) is 0 Å². The summed E-state index contributed by atoms with van der Waals surface area (Å²) in [4.78, 5) is 39.1. The summed E-state index contributed by atoms with van der Waals surface area (Å²) in [6.07, 6.45) is 2.35. The molecule has 7 nitrogen and oxygen atoms in total. The largest absolute Gasteiger partial charge is 0.493 e. The van der Waals surface area contributed by atoms with Crippen LogP contribution in [0.2, 0.25) is 0 Å². The second kappa shape index (κ2) is 11.4. The molecule has 0 spiro atoms. The predicted octanol–water partition coefficient (Wildman–Crippen LogP) is 1.97. The van der Waals surface area contributed by atoms with Crippen molar-refractivity contribution in [3.8, 4) is 5.75 Å². The lowest BCUT2D eigenvalue weighted by molar-refractivity contribution is -0.137. The van der Waals surface area contributed by atoms with Crippen molar-refractivity contribution in [1.29, 1.82) is 0 Å². The molecule has 0 aliphatic carbocycles. The Morgan fingerprint density at radius 3 is 2.59 bits per heavy atom. The highest BCUT2D eigenvalue weighted by molar-refractivity contribution is 5.88. The first-order valence-corrected chi connectivity index (χ1v) is 10.4. The van der Waals surface area contributed by atoms with Gasteiger partial charge in [0.25, 0.3) is 0 Å². The highest BCUT2D eigenvalue weighted by atomic mass is 16.5. The summed E-state index contributed by atoms with van der Waals surface area (Å²) in [5, 5.41) is 5.49. The van der Waals surface area contributed by atoms with Crippen molar-refractivity contribution in [2.24, 2.45) is 11.8 Å². The number of piperidine rings is 1. The maximum absolute atomic E-state index is 12.7. The topological polar surface area (TPSA) is 87.7 Å². The van der Waals surface area contributed by atoms with Gasteiger partial charge in [-0.05, 0) is 37.3 Å². The zero-order valence-corrected chi connectivity index (χ0v) is 17.6. The Hall–Kier alpha value is -2.57. The van der Waals surface area contributed by atoms with Gasteiger partial charge in [-0.3, -0.25) is 14.4 Å². The molecule has 1 aliphatic heterocycles. The Morgan fingerprint density at radius 1 is 1.21 bits per heavy atom. The van der Waals surface area contributed by atoms with Crippen molar-refractivity contribution in [2.45, 2.75) is 45.6 Å². The third-order valence-electron chi connectivity index (χ3n) is 5.06. The smallest absolute Gasteiger partial charge is 0.242 e. The normalized spacial score (nSPS) is 17.5. The van der Waals surface area contributed by atoms with Crippen LogP contribution in [0.5, 0.6) is 5.75 Å². The number of likely N-dealkylation sites (N-methyl/N-ethyl adjacent to an activating group) is 1. The molecular formula is C22H33N3O4. The predicted molar refractivity (Wildman–Crippen MR) is 111 cm³/mol. The monoisotopic (exact) mass is 403 g/mol. The average Bonchev–Trinajstić information content (AvgIpc) is 2.73. The standard InChI is InChI=1S/C22H33N3O4/c1-16(2)14-19(22(28)23-3)24-21(27)17-8-7-12-25(15-17)20(26)11-13-29-18-9-5-4-6-10-18/h4-6,9-10,16-17,19H,7-8,11-15H2,1-3H3,(H,23,28)(H,24,27). The van der Waals surface area contributed by atoms with Crippen LogP contribution in [-0.2, 0) is 14.4 Å². The van der Waals surface area contributed by atoms with Gasteiger partial charge in [0.05, 0.1) is 18.9 Å². The van der Waals surface area contributed by atoms with Crippen molar-refractivity contribution in [3.05, 3.63) is 30.3 Å². The van der Waals surface area contributed by atoms with E-state index in [-0.39, 0.29) is 36.0 Å². The fraction of sp³-hybridized carbons (Fsp3) is 0.591. The number of para-hydroxylation sites is 1. The van der Waals surface area contributed by atoms with E-state index >= 15 is 0 Å². The molecule has 1 saturated heterocycles. The number of carbonyl (C=O) groups excluding carboxylic acids is 3. The van der Waals surface area contributed by atoms with Crippen LogP contribution in [0.1, 0.15) is 39.5 Å². The lowest BCUT2D eigenvalue weighted by Gasteiger charge is -2.33. The molecule has 7 heteroatoms. The lowest BCUT2D eigenvalue weighted by Crippen LogP contribution is -2.51. The molecule has 29 heavy (non-hydrogen) atoms. The summed E-state index contributed by atoms with van der Waals surface area (Å²) in [5.74, 6) is 0.380. The number of ether oxygens (including phenoxy) is 1. The van der Waals surface area contributed by atoms with Crippen LogP contribution in [0, 0.1) is 11.8 Å². The van der Waals surface area contributed by atoms with Crippen molar-refractivity contribution < 1.29 is 19.1 Å². The van der Waals surface area contributed by atoms with Crippen molar-refractivity contribution in [2.75, 3.05) is 26.7 Å². The number of nitrogens with zero attached hydrogens (tertiary/aromatic N) is 1. The van der Waals surface area contributed by atoms with Crippen LogP contribution in [-0.4, -0.2) is 55.4 Å². The van der Waals surface area contributed by atoms with Crippen LogP contribution in [0.15, 0.2) is 30.3 Å². The van der Waals surface area contributed by atoms with E-state index in [1.54, 1.807) is 11.9 Å². The fourth-order valence-electron chi connectivity index (χ4n) is 3.52. The van der Waals surface area contributed by atoms with Gasteiger partial charge in [0.2, 0.25) is 17.7 Å². The van der Waals surface area contributed by atoms with E-state index in [9.17, 15) is 14.4 Å². The van der Waals surface area contributed by atoms with Gasteiger partial charge in [-0.2, -0.15) is 0 Å². The number of carbonyl (C=O) groups is 3. The molecule has 1 aromatic carbocycles. The van der Waals surface area contributed by atoms with Gasteiger partial charge in [-0.1, -0.05) is 32.0 Å². The minimum Gasteiger partial charge on any atom is -0.493 e. The Morgan fingerprint density at radius 2 is 1.93 bits per heavy atom. The first-order chi connectivity index (χ1) is 13.9. The number of likely N-dealkylation sites (tertiary alicyclic amines) is 1. The van der Waals surface area contributed by atoms with Gasteiger partial charge in [-0.25, -0.2) is 0 Å². The van der Waals surface area contributed by atoms with E-state index in [4.69, 9.17) is 4.74 Å². The van der Waals surface area contributed by atoms with Crippen LogP contribution < -0.4 is 15.4 Å². The Balaban J connectivity index is 1.84. The maximum atomic E-state index is 12.7. The van der Waals surface area contributed by atoms with Crippen molar-refractivity contribution >= 4 is 17.7 Å². The summed E-state index contributed by atoms with van der Waals surface area (Å²) >= 11 is 0. The molecule has 1 aromatic rings. The summed E-state index contributed by atoms with van der Waals surface area (Å²) in [5.41, 5.74) is 0. The van der Waals surface area contributed by atoms with Crippen LogP contribution in [0.4, 0.5) is 0 Å². The van der Waals surface area contributed by atoms with E-state index in [1.807, 2.05) is 44.2 Å². The van der Waals surface area contributed by atoms with E-state index < -0.39 is 6.04 Å². The summed E-state index contributed by atoms with van der Waals surface area (Å²) in [6.45, 7) is 5.38. The molecule has 3 amide bonds. The van der Waals surface area contributed by atoms with E-state index in [2.05, 4.69) is 10.6 Å². The summed E-state index contributed by atoms with van der Waals surface area (Å²) in [6, 6.07) is 8.84. The molecule has 0 bridgehead atoms. The highest BCUT2D eigenvalue weighted by Crippen LogP contribution is 2.18. The minimum absolute atomic E-state index is 0.0107. The maximum Gasteiger partial charge on any atom is 0.242 e. The number of nitrogens with one attached hydrogen (secondary N) is 2. The van der Waals surface area contributed by atoms with Gasteiger partial charge in [0, 0.05) is 20.1 Å². The zero-order valence-electron chi connectivity index (χ0n) is 17.6. The van der Waals surface area contributed by atoms with Gasteiger partial charge < -0.3 is 20.3 Å². The number of amides is 3. The third kappa shape index (κ3) is 7.40. The molecule has 2 unspecified atom stereocenters. The molecule has 1 aliphatic rings. The molecule has 1 fully saturated rings. The van der Waals surface area contributed by atoms with Gasteiger partial charge in [-0.15, -0.1) is 0 Å². The molecule has 0 saturated carbocycles. The third-order valence-corrected chi connectivity index (χ3v) is 5.06. The Kier molecular flexibility index (Phi) is 8.96. The molecular weight excluding hydrogens is 370 g/mol. The first-order valence-electron chi connectivity index (χ1n) is 10.4. The molecule has 160 valence electrons. The van der Waals surface area contributed by atoms with Crippen LogP contribution in [0.3, 0.4) is 0 Å². The SMILES string of the molecule is CNC(=O)C(CC(C)C)NC(=O)C1CCCN(C(=O)CCOc2ccccc2)C1. The molecule has 0 aromatic heterocycles. The van der Waals surface area contributed by atoms with Gasteiger partial charge in [0.15, 0.2) is 0 Å². The number of benzene rings is 1. The van der Waals surface area contributed by atoms with Gasteiger partial charge in [0.1, 0.15) is 11.8 Å².